The molecule has 1 N–H and O–H groups in total. The number of hydrogen-bond acceptors (Lipinski definition) is 2. The summed E-state index contributed by atoms with van der Waals surface area (Å²) >= 11 is 0. The number of hydrogen-bond donors (Lipinski definition) is 1. The van der Waals surface area contributed by atoms with E-state index in [1.807, 2.05) is 59.5 Å². The van der Waals surface area contributed by atoms with Crippen molar-refractivity contribution in [3.05, 3.63) is 71.8 Å². The van der Waals surface area contributed by atoms with Crippen molar-refractivity contribution in [1.29, 1.82) is 0 Å². The van der Waals surface area contributed by atoms with Crippen LogP contribution in [0.4, 0.5) is 5.69 Å². The van der Waals surface area contributed by atoms with Crippen molar-refractivity contribution in [2.24, 2.45) is 0 Å². The molecule has 1 unspecified atom stereocenters. The highest BCUT2D eigenvalue weighted by Gasteiger charge is 2.16. The van der Waals surface area contributed by atoms with Crippen molar-refractivity contribution in [3.8, 4) is 0 Å². The predicted molar refractivity (Wildman–Crippen MR) is 107 cm³/mol. The van der Waals surface area contributed by atoms with Crippen molar-refractivity contribution in [3.63, 3.8) is 0 Å². The van der Waals surface area contributed by atoms with E-state index in [0.717, 1.165) is 23.2 Å². The van der Waals surface area contributed by atoms with Crippen molar-refractivity contribution >= 4 is 23.6 Å². The third-order valence-electron chi connectivity index (χ3n) is 4.25. The number of anilines is 1. The normalized spacial score (nSPS) is 12.0. The number of carbonyl (C=O) groups is 2. The molecule has 2 amide bonds. The van der Waals surface area contributed by atoms with Gasteiger partial charge in [0, 0.05) is 31.3 Å². The Morgan fingerprint density at radius 3 is 2.31 bits per heavy atom. The Balaban J connectivity index is 2.08. The number of benzene rings is 2. The Morgan fingerprint density at radius 2 is 1.73 bits per heavy atom. The highest BCUT2D eigenvalue weighted by Crippen LogP contribution is 2.14. The molecular weight excluding hydrogens is 324 g/mol. The van der Waals surface area contributed by atoms with Crippen molar-refractivity contribution in [1.82, 2.24) is 4.90 Å². The standard InChI is InChI=1S/C22H26N2O2/c1-4-17(2)24(16-20-8-6-5-7-9-20)22(26)15-12-19-10-13-21(14-11-19)23-18(3)25/h5-15,17H,4,16H2,1-3H3,(H,23,25)/b15-12+. The molecule has 0 bridgehead atoms. The van der Waals surface area contributed by atoms with E-state index >= 15 is 0 Å². The summed E-state index contributed by atoms with van der Waals surface area (Å²) in [5, 5.41) is 2.73. The summed E-state index contributed by atoms with van der Waals surface area (Å²) in [6.45, 7) is 6.22. The van der Waals surface area contributed by atoms with Crippen molar-refractivity contribution < 1.29 is 9.59 Å². The maximum atomic E-state index is 12.7. The number of amides is 2. The molecule has 4 heteroatoms. The van der Waals surface area contributed by atoms with E-state index in [0.29, 0.717) is 6.54 Å². The van der Waals surface area contributed by atoms with E-state index < -0.39 is 0 Å². The summed E-state index contributed by atoms with van der Waals surface area (Å²) in [6.07, 6.45) is 4.32. The first-order chi connectivity index (χ1) is 12.5. The summed E-state index contributed by atoms with van der Waals surface area (Å²) in [5.41, 5.74) is 2.77. The number of nitrogens with one attached hydrogen (secondary N) is 1. The minimum atomic E-state index is -0.103. The van der Waals surface area contributed by atoms with E-state index in [2.05, 4.69) is 19.2 Å². The molecule has 4 nitrogen and oxygen atoms in total. The minimum Gasteiger partial charge on any atom is -0.332 e. The van der Waals surface area contributed by atoms with E-state index in [9.17, 15) is 9.59 Å². The Bertz CT molecular complexity index is 751. The van der Waals surface area contributed by atoms with Crippen molar-refractivity contribution in [2.45, 2.75) is 39.8 Å². The fourth-order valence-corrected chi connectivity index (χ4v) is 2.60. The molecule has 0 aliphatic rings. The lowest BCUT2D eigenvalue weighted by Gasteiger charge is -2.27. The van der Waals surface area contributed by atoms with Crippen LogP contribution in [0, 0.1) is 0 Å². The average molecular weight is 350 g/mol. The van der Waals surface area contributed by atoms with Gasteiger partial charge in [-0.25, -0.2) is 0 Å². The molecule has 0 aliphatic heterocycles. The second-order valence-corrected chi connectivity index (χ2v) is 6.35. The molecule has 26 heavy (non-hydrogen) atoms. The number of carbonyl (C=O) groups excluding carboxylic acids is 2. The Morgan fingerprint density at radius 1 is 1.08 bits per heavy atom. The molecular formula is C22H26N2O2. The van der Waals surface area contributed by atoms with Crippen LogP contribution in [-0.4, -0.2) is 22.8 Å². The van der Waals surface area contributed by atoms with Gasteiger partial charge in [0.25, 0.3) is 0 Å². The van der Waals surface area contributed by atoms with E-state index in [-0.39, 0.29) is 17.9 Å². The first-order valence-corrected chi connectivity index (χ1v) is 8.90. The van der Waals surface area contributed by atoms with Crippen LogP contribution in [-0.2, 0) is 16.1 Å². The minimum absolute atomic E-state index is 0.00543. The van der Waals surface area contributed by atoms with E-state index in [1.54, 1.807) is 12.2 Å². The maximum Gasteiger partial charge on any atom is 0.247 e. The first kappa shape index (κ1) is 19.4. The monoisotopic (exact) mass is 350 g/mol. The molecule has 0 aromatic heterocycles. The van der Waals surface area contributed by atoms with Crippen LogP contribution in [0.1, 0.15) is 38.3 Å². The Hall–Kier alpha value is -2.88. The van der Waals surface area contributed by atoms with Crippen molar-refractivity contribution in [2.75, 3.05) is 5.32 Å². The zero-order chi connectivity index (χ0) is 18.9. The van der Waals surface area contributed by atoms with Gasteiger partial charge >= 0.3 is 0 Å². The van der Waals surface area contributed by atoms with Crippen LogP contribution >= 0.6 is 0 Å². The van der Waals surface area contributed by atoms with Gasteiger partial charge in [0.2, 0.25) is 11.8 Å². The van der Waals surface area contributed by atoms with Crippen LogP contribution in [0.15, 0.2) is 60.7 Å². The van der Waals surface area contributed by atoms with Crippen LogP contribution in [0.2, 0.25) is 0 Å². The zero-order valence-corrected chi connectivity index (χ0v) is 15.6. The fourth-order valence-electron chi connectivity index (χ4n) is 2.60. The number of rotatable bonds is 7. The lowest BCUT2D eigenvalue weighted by molar-refractivity contribution is -0.128. The largest absolute Gasteiger partial charge is 0.332 e. The molecule has 0 fully saturated rings. The summed E-state index contributed by atoms with van der Waals surface area (Å²) in [4.78, 5) is 25.7. The smallest absolute Gasteiger partial charge is 0.247 e. The highest BCUT2D eigenvalue weighted by atomic mass is 16.2. The third kappa shape index (κ3) is 5.88. The summed E-state index contributed by atoms with van der Waals surface area (Å²) < 4.78 is 0. The second-order valence-electron chi connectivity index (χ2n) is 6.35. The Kier molecular flexibility index (Phi) is 7.15. The van der Waals surface area contributed by atoms with Gasteiger partial charge in [-0.1, -0.05) is 49.4 Å². The quantitative estimate of drug-likeness (QED) is 0.748. The topological polar surface area (TPSA) is 49.4 Å². The van der Waals surface area contributed by atoms with Gasteiger partial charge in [-0.3, -0.25) is 9.59 Å². The predicted octanol–water partition coefficient (Wildman–Crippen LogP) is 4.49. The average Bonchev–Trinajstić information content (AvgIpc) is 2.65. The SMILES string of the molecule is CCC(C)N(Cc1ccccc1)C(=O)/C=C/c1ccc(NC(C)=O)cc1. The van der Waals surface area contributed by atoms with Crippen LogP contribution in [0.3, 0.4) is 0 Å². The maximum absolute atomic E-state index is 12.7. The molecule has 0 saturated carbocycles. The molecule has 0 heterocycles. The molecule has 2 aromatic carbocycles. The van der Waals surface area contributed by atoms with E-state index in [4.69, 9.17) is 0 Å². The third-order valence-corrected chi connectivity index (χ3v) is 4.25. The van der Waals surface area contributed by atoms with Crippen LogP contribution in [0.5, 0.6) is 0 Å². The molecule has 2 aromatic rings. The highest BCUT2D eigenvalue weighted by molar-refractivity contribution is 5.92. The van der Waals surface area contributed by atoms with Gasteiger partial charge in [-0.05, 0) is 42.7 Å². The van der Waals surface area contributed by atoms with Crippen LogP contribution < -0.4 is 5.32 Å². The van der Waals surface area contributed by atoms with Gasteiger partial charge in [0.05, 0.1) is 0 Å². The molecule has 0 aliphatic carbocycles. The second kappa shape index (κ2) is 9.56. The molecule has 0 spiro atoms. The van der Waals surface area contributed by atoms with Gasteiger partial charge in [-0.2, -0.15) is 0 Å². The molecule has 136 valence electrons. The first-order valence-electron chi connectivity index (χ1n) is 8.90. The molecule has 2 rings (SSSR count). The number of nitrogens with zero attached hydrogens (tertiary/aromatic N) is 1. The summed E-state index contributed by atoms with van der Waals surface area (Å²) in [6, 6.07) is 17.6. The lowest BCUT2D eigenvalue weighted by atomic mass is 10.1. The van der Waals surface area contributed by atoms with Gasteiger partial charge < -0.3 is 10.2 Å². The fraction of sp³-hybridized carbons (Fsp3) is 0.273. The summed E-state index contributed by atoms with van der Waals surface area (Å²) in [5.74, 6) is -0.109. The molecule has 1 atom stereocenters. The summed E-state index contributed by atoms with van der Waals surface area (Å²) in [7, 11) is 0. The van der Waals surface area contributed by atoms with Gasteiger partial charge in [0.15, 0.2) is 0 Å². The molecule has 0 saturated heterocycles. The van der Waals surface area contributed by atoms with Crippen LogP contribution in [0.25, 0.3) is 6.08 Å². The molecule has 0 radical (unpaired) electrons. The van der Waals surface area contributed by atoms with Gasteiger partial charge in [0.1, 0.15) is 0 Å². The Labute approximate surface area is 155 Å². The van der Waals surface area contributed by atoms with Gasteiger partial charge in [-0.15, -0.1) is 0 Å². The van der Waals surface area contributed by atoms with E-state index in [1.165, 1.54) is 6.92 Å². The lowest BCUT2D eigenvalue weighted by Crippen LogP contribution is -2.36. The zero-order valence-electron chi connectivity index (χ0n) is 15.6.